The predicted octanol–water partition coefficient (Wildman–Crippen LogP) is 12.5. The molecule has 0 amide bonds. The van der Waals surface area contributed by atoms with E-state index in [1.54, 1.807) is 0 Å². The summed E-state index contributed by atoms with van der Waals surface area (Å²) in [6.07, 6.45) is 0. The summed E-state index contributed by atoms with van der Waals surface area (Å²) in [6, 6.07) is 59.4. The fourth-order valence-corrected chi connectivity index (χ4v) is 8.32. The predicted molar refractivity (Wildman–Crippen MR) is 211 cm³/mol. The minimum Gasteiger partial charge on any atom is -0.311 e. The molecule has 0 unspecified atom stereocenters. The van der Waals surface area contributed by atoms with Crippen LogP contribution in [0.2, 0.25) is 0 Å². The number of fused-ring (bicyclic) bond motifs is 8. The Balaban J connectivity index is 1.16. The molecule has 0 spiro atoms. The van der Waals surface area contributed by atoms with E-state index >= 15 is 0 Å². The fraction of sp³-hybridized carbons (Fsp3) is 0. The summed E-state index contributed by atoms with van der Waals surface area (Å²) in [5.41, 5.74) is 7.79. The first-order valence-corrected chi connectivity index (χ1v) is 17.5. The van der Waals surface area contributed by atoms with Gasteiger partial charge in [-0.3, -0.25) is 0 Å². The molecule has 0 radical (unpaired) electrons. The number of hydrogen-bond donors (Lipinski definition) is 0. The lowest BCUT2D eigenvalue weighted by atomic mass is 9.99. The molecule has 3 aromatic heterocycles. The SMILES string of the molecule is c1ccc(N(c2ccccc2)c2ccc(-c3nc(-c4nc5ccc6sc7ccccc7c6c5c5ccccc45)nc4ccccc34)cc2)cc1. The van der Waals surface area contributed by atoms with Gasteiger partial charge in [0, 0.05) is 59.0 Å². The maximum Gasteiger partial charge on any atom is 0.179 e. The van der Waals surface area contributed by atoms with Crippen molar-refractivity contribution in [2.75, 3.05) is 4.90 Å². The first kappa shape index (κ1) is 28.6. The molecule has 0 aliphatic rings. The van der Waals surface area contributed by atoms with Crippen LogP contribution in [0.3, 0.4) is 0 Å². The van der Waals surface area contributed by atoms with Crippen molar-refractivity contribution in [2.24, 2.45) is 0 Å². The van der Waals surface area contributed by atoms with E-state index in [9.17, 15) is 0 Å². The summed E-state index contributed by atoms with van der Waals surface area (Å²) in [6.45, 7) is 0. The molecule has 0 fully saturated rings. The third-order valence-corrected chi connectivity index (χ3v) is 10.6. The summed E-state index contributed by atoms with van der Waals surface area (Å²) in [5.74, 6) is 0.617. The summed E-state index contributed by atoms with van der Waals surface area (Å²) < 4.78 is 2.55. The Labute approximate surface area is 292 Å². The van der Waals surface area contributed by atoms with E-state index in [4.69, 9.17) is 15.0 Å². The zero-order valence-electron chi connectivity index (χ0n) is 26.9. The van der Waals surface area contributed by atoms with Gasteiger partial charge < -0.3 is 4.90 Å². The third-order valence-electron chi connectivity index (χ3n) is 9.45. The average molecular weight is 657 g/mol. The van der Waals surface area contributed by atoms with E-state index in [1.165, 1.54) is 25.6 Å². The molecule has 0 saturated carbocycles. The monoisotopic (exact) mass is 656 g/mol. The highest BCUT2D eigenvalue weighted by Gasteiger charge is 2.19. The van der Waals surface area contributed by atoms with Crippen molar-refractivity contribution in [3.8, 4) is 22.8 Å². The standard InChI is InChI=1S/C45H28N4S/c1-3-13-30(14-4-1)49(31-15-5-2-6-16-31)32-25-23-29(24-26-32)43-35-19-9-11-21-37(35)47-45(48-43)44-34-18-8-7-17-33(34)41-38(46-44)27-28-40-42(41)36-20-10-12-22-39(36)50-40/h1-28H. The lowest BCUT2D eigenvalue weighted by Crippen LogP contribution is -2.09. The van der Waals surface area contributed by atoms with Crippen LogP contribution in [0.5, 0.6) is 0 Å². The lowest BCUT2D eigenvalue weighted by molar-refractivity contribution is 1.20. The van der Waals surface area contributed by atoms with Gasteiger partial charge in [0.25, 0.3) is 0 Å². The van der Waals surface area contributed by atoms with Crippen molar-refractivity contribution in [1.82, 2.24) is 15.0 Å². The van der Waals surface area contributed by atoms with E-state index in [1.807, 2.05) is 29.5 Å². The van der Waals surface area contributed by atoms with E-state index in [2.05, 4.69) is 157 Å². The molecule has 0 aliphatic carbocycles. The average Bonchev–Trinajstić information content (AvgIpc) is 3.57. The zero-order chi connectivity index (χ0) is 33.0. The van der Waals surface area contributed by atoms with Crippen LogP contribution >= 0.6 is 11.3 Å². The third kappa shape index (κ3) is 4.63. The van der Waals surface area contributed by atoms with Crippen molar-refractivity contribution in [2.45, 2.75) is 0 Å². The fourth-order valence-electron chi connectivity index (χ4n) is 7.20. The molecule has 234 valence electrons. The molecule has 0 aliphatic heterocycles. The Hall–Kier alpha value is -6.43. The molecule has 4 nitrogen and oxygen atoms in total. The number of rotatable bonds is 5. The number of thiophene rings is 1. The first-order valence-electron chi connectivity index (χ1n) is 16.7. The first-order chi connectivity index (χ1) is 24.8. The van der Waals surface area contributed by atoms with Crippen molar-refractivity contribution < 1.29 is 0 Å². The molecule has 3 heterocycles. The van der Waals surface area contributed by atoms with E-state index in [0.29, 0.717) is 5.82 Å². The van der Waals surface area contributed by atoms with E-state index in [0.717, 1.165) is 61.2 Å². The highest BCUT2D eigenvalue weighted by atomic mass is 32.1. The van der Waals surface area contributed by atoms with Gasteiger partial charge >= 0.3 is 0 Å². The number of hydrogen-bond acceptors (Lipinski definition) is 5. The Morgan fingerprint density at radius 2 is 0.960 bits per heavy atom. The van der Waals surface area contributed by atoms with Crippen LogP contribution in [0, 0.1) is 0 Å². The Kier molecular flexibility index (Phi) is 6.64. The second kappa shape index (κ2) is 11.6. The van der Waals surface area contributed by atoms with Crippen LogP contribution < -0.4 is 4.90 Å². The Morgan fingerprint density at radius 3 is 1.70 bits per heavy atom. The van der Waals surface area contributed by atoms with Gasteiger partial charge in [-0.1, -0.05) is 109 Å². The smallest absolute Gasteiger partial charge is 0.179 e. The van der Waals surface area contributed by atoms with Crippen molar-refractivity contribution in [3.05, 3.63) is 170 Å². The molecule has 5 heteroatoms. The van der Waals surface area contributed by atoms with Gasteiger partial charge in [-0.15, -0.1) is 11.3 Å². The van der Waals surface area contributed by atoms with Crippen LogP contribution in [-0.4, -0.2) is 15.0 Å². The maximum atomic E-state index is 5.33. The zero-order valence-corrected chi connectivity index (χ0v) is 27.7. The van der Waals surface area contributed by atoms with Crippen LogP contribution in [0.4, 0.5) is 17.1 Å². The number of para-hydroxylation sites is 3. The van der Waals surface area contributed by atoms with Gasteiger partial charge in [-0.2, -0.15) is 0 Å². The van der Waals surface area contributed by atoms with Gasteiger partial charge in [0.05, 0.1) is 16.7 Å². The molecule has 10 aromatic rings. The minimum atomic E-state index is 0.617. The summed E-state index contributed by atoms with van der Waals surface area (Å²) in [4.78, 5) is 18.0. The summed E-state index contributed by atoms with van der Waals surface area (Å²) >= 11 is 1.83. The molecule has 0 saturated heterocycles. The van der Waals surface area contributed by atoms with Gasteiger partial charge in [-0.05, 0) is 66.0 Å². The number of nitrogens with zero attached hydrogens (tertiary/aromatic N) is 4. The molecular weight excluding hydrogens is 629 g/mol. The molecule has 0 N–H and O–H groups in total. The number of aromatic nitrogens is 3. The second-order valence-electron chi connectivity index (χ2n) is 12.4. The molecular formula is C45H28N4S. The van der Waals surface area contributed by atoms with E-state index in [-0.39, 0.29) is 0 Å². The molecule has 0 atom stereocenters. The van der Waals surface area contributed by atoms with Gasteiger partial charge in [0.15, 0.2) is 5.82 Å². The molecule has 7 aromatic carbocycles. The quantitative estimate of drug-likeness (QED) is 0.173. The van der Waals surface area contributed by atoms with Crippen LogP contribution in [-0.2, 0) is 0 Å². The van der Waals surface area contributed by atoms with Gasteiger partial charge in [0.1, 0.15) is 5.69 Å². The number of pyridine rings is 1. The Morgan fingerprint density at radius 1 is 0.360 bits per heavy atom. The van der Waals surface area contributed by atoms with Crippen LogP contribution in [0.15, 0.2) is 170 Å². The van der Waals surface area contributed by atoms with Crippen LogP contribution in [0.1, 0.15) is 0 Å². The van der Waals surface area contributed by atoms with Gasteiger partial charge in [-0.25, -0.2) is 15.0 Å². The van der Waals surface area contributed by atoms with Gasteiger partial charge in [0.2, 0.25) is 0 Å². The minimum absolute atomic E-state index is 0.617. The molecule has 10 rings (SSSR count). The number of anilines is 3. The molecule has 50 heavy (non-hydrogen) atoms. The highest BCUT2D eigenvalue weighted by molar-refractivity contribution is 7.26. The largest absolute Gasteiger partial charge is 0.311 e. The maximum absolute atomic E-state index is 5.33. The van der Waals surface area contributed by atoms with Crippen molar-refractivity contribution in [3.63, 3.8) is 0 Å². The number of benzene rings is 7. The lowest BCUT2D eigenvalue weighted by Gasteiger charge is -2.25. The second-order valence-corrected chi connectivity index (χ2v) is 13.5. The Bertz CT molecular complexity index is 2830. The van der Waals surface area contributed by atoms with Crippen molar-refractivity contribution >= 4 is 81.1 Å². The van der Waals surface area contributed by atoms with E-state index < -0.39 is 0 Å². The topological polar surface area (TPSA) is 41.9 Å². The summed E-state index contributed by atoms with van der Waals surface area (Å²) in [5, 5.41) is 6.91. The molecule has 0 bridgehead atoms. The van der Waals surface area contributed by atoms with Crippen molar-refractivity contribution in [1.29, 1.82) is 0 Å². The normalized spacial score (nSPS) is 11.6. The summed E-state index contributed by atoms with van der Waals surface area (Å²) in [7, 11) is 0. The highest BCUT2D eigenvalue weighted by Crippen LogP contribution is 2.43. The van der Waals surface area contributed by atoms with Crippen LogP contribution in [0.25, 0.3) is 75.5 Å².